The first-order valence-electron chi connectivity index (χ1n) is 7.72. The fourth-order valence-corrected chi connectivity index (χ4v) is 4.01. The van der Waals surface area contributed by atoms with Gasteiger partial charge in [-0.2, -0.15) is 5.10 Å². The minimum atomic E-state index is -0.0150. The smallest absolute Gasteiger partial charge is 0.258 e. The quantitative estimate of drug-likeness (QED) is 0.792. The maximum atomic E-state index is 12.2. The average molecular weight is 330 g/mol. The molecule has 4 rings (SSSR count). The SMILES string of the molecule is Cc1nc([C@@H]2CCCN2Cc2cc(=O)n3cc(C)sc3n2)n[nH]1. The molecule has 1 aliphatic heterocycles. The van der Waals surface area contributed by atoms with Gasteiger partial charge in [0.2, 0.25) is 0 Å². The number of aryl methyl sites for hydroxylation is 2. The van der Waals surface area contributed by atoms with Gasteiger partial charge < -0.3 is 0 Å². The summed E-state index contributed by atoms with van der Waals surface area (Å²) in [6.45, 7) is 5.52. The predicted octanol–water partition coefficient (Wildman–Crippen LogP) is 1.83. The molecule has 8 heteroatoms. The van der Waals surface area contributed by atoms with E-state index in [4.69, 9.17) is 0 Å². The Balaban J connectivity index is 1.63. The van der Waals surface area contributed by atoms with Gasteiger partial charge in [-0.3, -0.25) is 19.2 Å². The van der Waals surface area contributed by atoms with Crippen molar-refractivity contribution < 1.29 is 0 Å². The number of aromatic nitrogens is 5. The number of hydrogen-bond acceptors (Lipinski definition) is 6. The molecule has 3 aromatic heterocycles. The lowest BCUT2D eigenvalue weighted by atomic mass is 10.2. The Bertz CT molecular complexity index is 910. The number of rotatable bonds is 3. The topological polar surface area (TPSA) is 79.2 Å². The summed E-state index contributed by atoms with van der Waals surface area (Å²) in [5.41, 5.74) is 0.801. The first-order valence-corrected chi connectivity index (χ1v) is 8.53. The van der Waals surface area contributed by atoms with E-state index in [1.165, 1.54) is 0 Å². The molecule has 23 heavy (non-hydrogen) atoms. The second kappa shape index (κ2) is 5.54. The molecule has 0 amide bonds. The van der Waals surface area contributed by atoms with Crippen molar-refractivity contribution in [2.45, 2.75) is 39.3 Å². The molecule has 0 aromatic carbocycles. The van der Waals surface area contributed by atoms with Crippen LogP contribution >= 0.6 is 11.3 Å². The van der Waals surface area contributed by atoms with Crippen molar-refractivity contribution >= 4 is 16.3 Å². The summed E-state index contributed by atoms with van der Waals surface area (Å²) in [5.74, 6) is 1.67. The van der Waals surface area contributed by atoms with Gasteiger partial charge in [0.1, 0.15) is 5.82 Å². The molecule has 0 aliphatic carbocycles. The lowest BCUT2D eigenvalue weighted by molar-refractivity contribution is 0.237. The molecule has 7 nitrogen and oxygen atoms in total. The van der Waals surface area contributed by atoms with Crippen molar-refractivity contribution in [3.05, 3.63) is 44.8 Å². The largest absolute Gasteiger partial charge is 0.287 e. The molecule has 1 aliphatic rings. The lowest BCUT2D eigenvalue weighted by Gasteiger charge is -2.21. The first kappa shape index (κ1) is 14.5. The maximum Gasteiger partial charge on any atom is 0.258 e. The molecule has 1 saturated heterocycles. The summed E-state index contributed by atoms with van der Waals surface area (Å²) >= 11 is 1.54. The summed E-state index contributed by atoms with van der Waals surface area (Å²) in [7, 11) is 0. The molecular formula is C15H18N6OS. The van der Waals surface area contributed by atoms with Gasteiger partial charge in [-0.25, -0.2) is 9.97 Å². The Morgan fingerprint density at radius 1 is 1.39 bits per heavy atom. The number of likely N-dealkylation sites (tertiary alicyclic amines) is 1. The van der Waals surface area contributed by atoms with Crippen LogP contribution in [0.25, 0.3) is 4.96 Å². The van der Waals surface area contributed by atoms with Crippen LogP contribution in [0.3, 0.4) is 0 Å². The van der Waals surface area contributed by atoms with Gasteiger partial charge in [0.15, 0.2) is 10.8 Å². The second-order valence-electron chi connectivity index (χ2n) is 5.99. The van der Waals surface area contributed by atoms with Crippen molar-refractivity contribution in [1.82, 2.24) is 29.5 Å². The van der Waals surface area contributed by atoms with Gasteiger partial charge in [-0.05, 0) is 33.2 Å². The number of fused-ring (bicyclic) bond motifs is 1. The zero-order chi connectivity index (χ0) is 16.0. The summed E-state index contributed by atoms with van der Waals surface area (Å²) in [6, 6.07) is 1.84. The van der Waals surface area contributed by atoms with Crippen LogP contribution in [0.5, 0.6) is 0 Å². The molecule has 0 bridgehead atoms. The highest BCUT2D eigenvalue weighted by atomic mass is 32.1. The molecule has 0 unspecified atom stereocenters. The van der Waals surface area contributed by atoms with Crippen LogP contribution in [-0.4, -0.2) is 36.0 Å². The van der Waals surface area contributed by atoms with E-state index in [1.54, 1.807) is 21.8 Å². The highest BCUT2D eigenvalue weighted by Crippen LogP contribution is 2.30. The number of nitrogens with zero attached hydrogens (tertiary/aromatic N) is 5. The molecule has 0 spiro atoms. The number of thiazole rings is 1. The van der Waals surface area contributed by atoms with Gasteiger partial charge in [0.25, 0.3) is 5.56 Å². The van der Waals surface area contributed by atoms with Crippen molar-refractivity contribution in [2.75, 3.05) is 6.54 Å². The molecule has 0 saturated carbocycles. The maximum absolute atomic E-state index is 12.2. The Morgan fingerprint density at radius 3 is 3.04 bits per heavy atom. The van der Waals surface area contributed by atoms with Gasteiger partial charge in [0, 0.05) is 23.7 Å². The summed E-state index contributed by atoms with van der Waals surface area (Å²) in [4.78, 5) is 25.5. The summed E-state index contributed by atoms with van der Waals surface area (Å²) < 4.78 is 1.61. The van der Waals surface area contributed by atoms with Crippen molar-refractivity contribution in [3.8, 4) is 0 Å². The molecule has 4 heterocycles. The van der Waals surface area contributed by atoms with Crippen LogP contribution in [0.4, 0.5) is 0 Å². The van der Waals surface area contributed by atoms with E-state index >= 15 is 0 Å². The first-order chi connectivity index (χ1) is 11.1. The molecule has 120 valence electrons. The minimum absolute atomic E-state index is 0.0150. The fraction of sp³-hybridized carbons (Fsp3) is 0.467. The molecule has 1 atom stereocenters. The zero-order valence-corrected chi connectivity index (χ0v) is 13.9. The van der Waals surface area contributed by atoms with E-state index in [1.807, 2.05) is 20.0 Å². The third-order valence-corrected chi connectivity index (χ3v) is 5.08. The van der Waals surface area contributed by atoms with Gasteiger partial charge in [-0.15, -0.1) is 11.3 Å². The summed E-state index contributed by atoms with van der Waals surface area (Å²) in [5, 5.41) is 7.21. The zero-order valence-electron chi connectivity index (χ0n) is 13.1. The molecule has 0 radical (unpaired) electrons. The van der Waals surface area contributed by atoms with Gasteiger partial charge in [0.05, 0.1) is 11.7 Å². The van der Waals surface area contributed by atoms with Crippen molar-refractivity contribution in [1.29, 1.82) is 0 Å². The molecule has 3 aromatic rings. The number of hydrogen-bond donors (Lipinski definition) is 1. The summed E-state index contributed by atoms with van der Waals surface area (Å²) in [6.07, 6.45) is 3.99. The van der Waals surface area contributed by atoms with Crippen LogP contribution < -0.4 is 5.56 Å². The van der Waals surface area contributed by atoms with Crippen LogP contribution in [-0.2, 0) is 6.54 Å². The van der Waals surface area contributed by atoms with Crippen LogP contribution in [0, 0.1) is 13.8 Å². The fourth-order valence-electron chi connectivity index (χ4n) is 3.16. The third kappa shape index (κ3) is 2.68. The van der Waals surface area contributed by atoms with E-state index in [9.17, 15) is 4.79 Å². The monoisotopic (exact) mass is 330 g/mol. The standard InChI is InChI=1S/C15H18N6OS/c1-9-7-21-13(22)6-11(17-15(21)23-9)8-20-5-3-4-12(20)14-16-10(2)18-19-14/h6-7,12H,3-5,8H2,1-2H3,(H,16,18,19)/t12-/m0/s1. The van der Waals surface area contributed by atoms with E-state index in [2.05, 4.69) is 25.1 Å². The highest BCUT2D eigenvalue weighted by Gasteiger charge is 2.29. The van der Waals surface area contributed by atoms with Gasteiger partial charge in [-0.1, -0.05) is 0 Å². The Morgan fingerprint density at radius 2 is 2.26 bits per heavy atom. The van der Waals surface area contributed by atoms with E-state index in [-0.39, 0.29) is 11.6 Å². The number of nitrogens with one attached hydrogen (secondary N) is 1. The number of aromatic amines is 1. The van der Waals surface area contributed by atoms with Gasteiger partial charge >= 0.3 is 0 Å². The van der Waals surface area contributed by atoms with Crippen LogP contribution in [0.2, 0.25) is 0 Å². The molecule has 1 N–H and O–H groups in total. The van der Waals surface area contributed by atoms with E-state index < -0.39 is 0 Å². The Kier molecular flexibility index (Phi) is 3.50. The predicted molar refractivity (Wildman–Crippen MR) is 87.6 cm³/mol. The van der Waals surface area contributed by atoms with Crippen molar-refractivity contribution in [3.63, 3.8) is 0 Å². The van der Waals surface area contributed by atoms with Crippen molar-refractivity contribution in [2.24, 2.45) is 0 Å². The Labute approximate surface area is 137 Å². The lowest BCUT2D eigenvalue weighted by Crippen LogP contribution is -2.25. The van der Waals surface area contributed by atoms with Crippen LogP contribution in [0.1, 0.15) is 41.1 Å². The molecular weight excluding hydrogens is 312 g/mol. The minimum Gasteiger partial charge on any atom is -0.287 e. The normalized spacial score (nSPS) is 19.0. The molecule has 1 fully saturated rings. The van der Waals surface area contributed by atoms with Crippen LogP contribution in [0.15, 0.2) is 17.1 Å². The van der Waals surface area contributed by atoms with E-state index in [0.717, 1.165) is 46.6 Å². The second-order valence-corrected chi connectivity index (χ2v) is 7.20. The Hall–Kier alpha value is -2.06. The average Bonchev–Trinajstić information content (AvgIpc) is 3.18. The highest BCUT2D eigenvalue weighted by molar-refractivity contribution is 7.16. The third-order valence-electron chi connectivity index (χ3n) is 4.18. The number of H-pyrrole nitrogens is 1. The van der Waals surface area contributed by atoms with E-state index in [0.29, 0.717) is 6.54 Å².